The summed E-state index contributed by atoms with van der Waals surface area (Å²) in [6.07, 6.45) is 0.334. The lowest BCUT2D eigenvalue weighted by atomic mass is 9.90. The summed E-state index contributed by atoms with van der Waals surface area (Å²) in [5.41, 5.74) is 0. The van der Waals surface area contributed by atoms with Crippen LogP contribution in [0.4, 0.5) is 0 Å². The summed E-state index contributed by atoms with van der Waals surface area (Å²) in [4.78, 5) is 11.9. The number of rotatable bonds is 7. The Morgan fingerprint density at radius 3 is 2.39 bits per heavy atom. The lowest BCUT2D eigenvalue weighted by Crippen LogP contribution is -2.42. The maximum Gasteiger partial charge on any atom is 0.499 e. The predicted octanol–water partition coefficient (Wildman–Crippen LogP) is 2.44. The van der Waals surface area contributed by atoms with Crippen molar-refractivity contribution in [2.45, 2.75) is 58.4 Å². The van der Waals surface area contributed by atoms with Gasteiger partial charge in [0.05, 0.1) is 12.7 Å². The zero-order chi connectivity index (χ0) is 17.8. The molecule has 1 rings (SSSR count). The van der Waals surface area contributed by atoms with Crippen molar-refractivity contribution in [1.82, 2.24) is 0 Å². The van der Waals surface area contributed by atoms with Crippen molar-refractivity contribution in [2.75, 3.05) is 6.61 Å². The molecule has 0 spiro atoms. The molecule has 1 atom stereocenters. The molecule has 1 aromatic heterocycles. The number of hydrogen-bond acceptors (Lipinski definition) is 6. The largest absolute Gasteiger partial charge is 0.499 e. The summed E-state index contributed by atoms with van der Waals surface area (Å²) < 4.78 is 12.0. The first-order valence-electron chi connectivity index (χ1n) is 7.71. The van der Waals surface area contributed by atoms with Crippen LogP contribution in [0.1, 0.15) is 45.1 Å². The molecule has 23 heavy (non-hydrogen) atoms. The van der Waals surface area contributed by atoms with Crippen molar-refractivity contribution in [3.8, 4) is 0 Å². The molecule has 1 unspecified atom stereocenters. The molecular weight excluding hydrogens is 331 g/mol. The zero-order valence-electron chi connectivity index (χ0n) is 14.8. The standard InChI is InChI=1S/C15H27BO5SSi/c1-11(17)20-10-9-12(21-23(5,6)15(2,3)4)13-7-8-14(22-13)16(18)19/h7-8,12,18-19H,9-10H2,1-6H3. The first kappa shape index (κ1) is 20.4. The molecule has 5 nitrogen and oxygen atoms in total. The van der Waals surface area contributed by atoms with Gasteiger partial charge < -0.3 is 19.2 Å². The summed E-state index contributed by atoms with van der Waals surface area (Å²) in [5.74, 6) is -0.311. The molecule has 0 fully saturated rings. The van der Waals surface area contributed by atoms with Crippen LogP contribution in [0.2, 0.25) is 18.1 Å². The van der Waals surface area contributed by atoms with E-state index in [0.29, 0.717) is 11.2 Å². The van der Waals surface area contributed by atoms with Crippen LogP contribution in [-0.2, 0) is 14.0 Å². The molecule has 0 aliphatic heterocycles. The van der Waals surface area contributed by atoms with E-state index in [0.717, 1.165) is 4.88 Å². The maximum absolute atomic E-state index is 11.0. The fourth-order valence-electron chi connectivity index (χ4n) is 1.78. The SMILES string of the molecule is CC(=O)OCCC(O[Si](C)(C)C(C)(C)C)c1ccc(B(O)O)s1. The molecule has 0 aliphatic carbocycles. The lowest BCUT2D eigenvalue weighted by molar-refractivity contribution is -0.141. The van der Waals surface area contributed by atoms with E-state index in [4.69, 9.17) is 9.16 Å². The number of ether oxygens (including phenoxy) is 1. The van der Waals surface area contributed by atoms with Gasteiger partial charge in [0, 0.05) is 23.0 Å². The van der Waals surface area contributed by atoms with E-state index >= 15 is 0 Å². The van der Waals surface area contributed by atoms with Crippen molar-refractivity contribution in [2.24, 2.45) is 0 Å². The van der Waals surface area contributed by atoms with E-state index in [1.165, 1.54) is 18.3 Å². The molecule has 0 saturated heterocycles. The quantitative estimate of drug-likeness (QED) is 0.578. The molecule has 2 N–H and O–H groups in total. The van der Waals surface area contributed by atoms with Gasteiger partial charge in [-0.15, -0.1) is 11.3 Å². The fourth-order valence-corrected chi connectivity index (χ4v) is 4.12. The zero-order valence-corrected chi connectivity index (χ0v) is 16.6. The van der Waals surface area contributed by atoms with E-state index in [-0.39, 0.29) is 23.7 Å². The Bertz CT molecular complexity index is 524. The third-order valence-electron chi connectivity index (χ3n) is 4.15. The second-order valence-electron chi connectivity index (χ2n) is 7.11. The number of thiophene rings is 1. The molecule has 1 aromatic rings. The third kappa shape index (κ3) is 6.04. The summed E-state index contributed by atoms with van der Waals surface area (Å²) in [6.45, 7) is 12.5. The van der Waals surface area contributed by atoms with E-state index in [9.17, 15) is 14.8 Å². The van der Waals surface area contributed by atoms with Gasteiger partial charge in [-0.1, -0.05) is 26.8 Å². The van der Waals surface area contributed by atoms with Crippen LogP contribution >= 0.6 is 11.3 Å². The molecule has 0 amide bonds. The molecule has 0 bridgehead atoms. The van der Waals surface area contributed by atoms with Crippen LogP contribution in [-0.4, -0.2) is 38.1 Å². The van der Waals surface area contributed by atoms with Gasteiger partial charge in [0.2, 0.25) is 0 Å². The maximum atomic E-state index is 11.0. The highest BCUT2D eigenvalue weighted by Crippen LogP contribution is 2.41. The molecule has 0 aromatic carbocycles. The van der Waals surface area contributed by atoms with Crippen LogP contribution in [0.5, 0.6) is 0 Å². The smallest absolute Gasteiger partial charge is 0.466 e. The second-order valence-corrected chi connectivity index (χ2v) is 13.0. The molecule has 0 aliphatic rings. The first-order valence-corrected chi connectivity index (χ1v) is 11.4. The van der Waals surface area contributed by atoms with Gasteiger partial charge in [0.15, 0.2) is 8.32 Å². The molecule has 0 radical (unpaired) electrons. The topological polar surface area (TPSA) is 76.0 Å². The minimum Gasteiger partial charge on any atom is -0.466 e. The van der Waals surface area contributed by atoms with Gasteiger partial charge in [-0.2, -0.15) is 0 Å². The number of esters is 1. The molecule has 130 valence electrons. The van der Waals surface area contributed by atoms with Gasteiger partial charge in [-0.25, -0.2) is 0 Å². The van der Waals surface area contributed by atoms with Crippen LogP contribution in [0.25, 0.3) is 0 Å². The Labute approximate surface area is 143 Å². The van der Waals surface area contributed by atoms with Crippen molar-refractivity contribution in [1.29, 1.82) is 0 Å². The Morgan fingerprint density at radius 1 is 1.35 bits per heavy atom. The summed E-state index contributed by atoms with van der Waals surface area (Å²) >= 11 is 1.32. The number of carbonyl (C=O) groups is 1. The van der Waals surface area contributed by atoms with Crippen molar-refractivity contribution < 1.29 is 24.0 Å². The summed E-state index contributed by atoms with van der Waals surface area (Å²) in [5, 5.41) is 18.6. The van der Waals surface area contributed by atoms with Gasteiger partial charge in [0.25, 0.3) is 0 Å². The molecule has 1 heterocycles. The van der Waals surface area contributed by atoms with Gasteiger partial charge in [0.1, 0.15) is 0 Å². The number of hydrogen-bond donors (Lipinski definition) is 2. The Hall–Kier alpha value is -0.668. The Morgan fingerprint density at radius 2 is 1.96 bits per heavy atom. The minimum atomic E-state index is -2.00. The highest BCUT2D eigenvalue weighted by atomic mass is 32.1. The Balaban J connectivity index is 2.94. The van der Waals surface area contributed by atoms with Crippen molar-refractivity contribution >= 4 is 37.5 Å². The normalized spacial score (nSPS) is 13.7. The summed E-state index contributed by atoms with van der Waals surface area (Å²) in [7, 11) is -3.48. The number of carbonyl (C=O) groups excluding carboxylic acids is 1. The fraction of sp³-hybridized carbons (Fsp3) is 0.667. The van der Waals surface area contributed by atoms with Crippen LogP contribution in [0.3, 0.4) is 0 Å². The average Bonchev–Trinajstić information content (AvgIpc) is 2.85. The molecule has 8 heteroatoms. The lowest BCUT2D eigenvalue weighted by Gasteiger charge is -2.39. The average molecular weight is 358 g/mol. The van der Waals surface area contributed by atoms with Gasteiger partial charge in [-0.05, 0) is 24.2 Å². The first-order chi connectivity index (χ1) is 10.4. The molecule has 0 saturated carbocycles. The highest BCUT2D eigenvalue weighted by Gasteiger charge is 2.39. The van der Waals surface area contributed by atoms with E-state index in [1.807, 2.05) is 6.07 Å². The monoisotopic (exact) mass is 358 g/mol. The summed E-state index contributed by atoms with van der Waals surface area (Å²) in [6, 6.07) is 3.55. The van der Waals surface area contributed by atoms with Crippen molar-refractivity contribution in [3.63, 3.8) is 0 Å². The van der Waals surface area contributed by atoms with E-state index in [1.54, 1.807) is 6.07 Å². The predicted molar refractivity (Wildman–Crippen MR) is 96.4 cm³/mol. The van der Waals surface area contributed by atoms with E-state index < -0.39 is 15.4 Å². The van der Waals surface area contributed by atoms with Crippen LogP contribution < -0.4 is 4.78 Å². The van der Waals surface area contributed by atoms with E-state index in [2.05, 4.69) is 33.9 Å². The van der Waals surface area contributed by atoms with Crippen LogP contribution in [0.15, 0.2) is 12.1 Å². The van der Waals surface area contributed by atoms with Gasteiger partial charge >= 0.3 is 13.1 Å². The highest BCUT2D eigenvalue weighted by molar-refractivity contribution is 7.22. The molecular formula is C15H27BO5SSi. The second kappa shape index (κ2) is 7.94. The van der Waals surface area contributed by atoms with Gasteiger partial charge in [-0.3, -0.25) is 4.79 Å². The van der Waals surface area contributed by atoms with Crippen LogP contribution in [0, 0.1) is 0 Å². The third-order valence-corrected chi connectivity index (χ3v) is 9.85. The van der Waals surface area contributed by atoms with Crippen molar-refractivity contribution in [3.05, 3.63) is 17.0 Å². The Kier molecular flexibility index (Phi) is 7.03. The minimum absolute atomic E-state index is 0.0588.